The van der Waals surface area contributed by atoms with Crippen LogP contribution in [-0.2, 0) is 9.93 Å². The van der Waals surface area contributed by atoms with E-state index >= 15 is 0 Å². The van der Waals surface area contributed by atoms with Gasteiger partial charge >= 0.3 is 0 Å². The molecule has 0 aromatic carbocycles. The van der Waals surface area contributed by atoms with E-state index in [1.165, 1.54) is 0 Å². The Kier molecular flexibility index (Phi) is 1.91. The lowest BCUT2D eigenvalue weighted by Gasteiger charge is -2.30. The predicted octanol–water partition coefficient (Wildman–Crippen LogP) is -0.422. The zero-order valence-corrected chi connectivity index (χ0v) is 7.03. The van der Waals surface area contributed by atoms with E-state index in [1.807, 2.05) is 6.26 Å². The first-order valence-electron chi connectivity index (χ1n) is 3.34. The Hall–Kier alpha value is 0.110. The van der Waals surface area contributed by atoms with Crippen LogP contribution in [0.25, 0.3) is 0 Å². The molecule has 1 aliphatic heterocycles. The average molecular weight is 149 g/mol. The van der Waals surface area contributed by atoms with Crippen molar-refractivity contribution in [2.24, 2.45) is 0 Å². The Balaban J connectivity index is 2.44. The van der Waals surface area contributed by atoms with Gasteiger partial charge in [0.25, 0.3) is 0 Å². The molecule has 0 radical (unpaired) electrons. The fourth-order valence-electron chi connectivity index (χ4n) is 0.988. The number of thiol groups is 1. The molecule has 0 atom stereocenters. The van der Waals surface area contributed by atoms with Crippen molar-refractivity contribution in [1.82, 2.24) is 4.90 Å². The molecule has 3 heteroatoms. The predicted molar refractivity (Wildman–Crippen MR) is 42.7 cm³/mol. The molecule has 0 spiro atoms. The molecule has 0 N–H and O–H groups in total. The quantitative estimate of drug-likeness (QED) is 0.472. The molecule has 1 rings (SSSR count). The van der Waals surface area contributed by atoms with Crippen molar-refractivity contribution in [3.63, 3.8) is 0 Å². The van der Waals surface area contributed by atoms with Gasteiger partial charge in [0, 0.05) is 24.6 Å². The van der Waals surface area contributed by atoms with Crippen LogP contribution in [0.5, 0.6) is 0 Å². The molecule has 1 fully saturated rings. The van der Waals surface area contributed by atoms with Crippen LogP contribution in [-0.4, -0.2) is 47.0 Å². The molecular formula is C6H15NOS. The molecule has 0 unspecified atom stereocenters. The molecule has 0 aliphatic carbocycles. The summed E-state index contributed by atoms with van der Waals surface area (Å²) in [5.74, 6) is 1.84. The molecular weight excluding hydrogens is 134 g/mol. The van der Waals surface area contributed by atoms with Crippen LogP contribution in [0.4, 0.5) is 0 Å². The molecule has 1 heterocycles. The molecule has 2 nitrogen and oxygen atoms in total. The van der Waals surface area contributed by atoms with E-state index < -0.39 is 9.93 Å². The van der Waals surface area contributed by atoms with Crippen molar-refractivity contribution in [3.05, 3.63) is 0 Å². The number of rotatable bonds is 0. The summed E-state index contributed by atoms with van der Waals surface area (Å²) < 4.78 is 11.4. The lowest BCUT2D eigenvalue weighted by molar-refractivity contribution is 0.365. The summed E-state index contributed by atoms with van der Waals surface area (Å²) in [6, 6.07) is 0. The molecule has 1 saturated heterocycles. The van der Waals surface area contributed by atoms with E-state index in [1.54, 1.807) is 0 Å². The third-order valence-corrected chi connectivity index (χ3v) is 4.20. The third-order valence-electron chi connectivity index (χ3n) is 1.91. The summed E-state index contributed by atoms with van der Waals surface area (Å²) >= 11 is 0. The zero-order chi connectivity index (χ0) is 6.91. The van der Waals surface area contributed by atoms with E-state index in [9.17, 15) is 4.21 Å². The molecule has 0 amide bonds. The molecule has 56 valence electrons. The summed E-state index contributed by atoms with van der Waals surface area (Å²) in [4.78, 5) is 2.24. The summed E-state index contributed by atoms with van der Waals surface area (Å²) in [5.41, 5.74) is 0. The Morgan fingerprint density at radius 1 is 1.33 bits per heavy atom. The summed E-state index contributed by atoms with van der Waals surface area (Å²) in [6.07, 6.45) is 1.92. The van der Waals surface area contributed by atoms with Gasteiger partial charge in [-0.2, -0.15) is 0 Å². The maximum atomic E-state index is 11.4. The lowest BCUT2D eigenvalue weighted by Crippen LogP contribution is -2.40. The van der Waals surface area contributed by atoms with Crippen LogP contribution in [0.15, 0.2) is 0 Å². The molecule has 9 heavy (non-hydrogen) atoms. The van der Waals surface area contributed by atoms with Crippen molar-refractivity contribution in [2.75, 3.05) is 37.9 Å². The summed E-state index contributed by atoms with van der Waals surface area (Å²) in [6.45, 7) is 2.04. The summed E-state index contributed by atoms with van der Waals surface area (Å²) in [7, 11) is 0.417. The second-order valence-corrected chi connectivity index (χ2v) is 6.54. The fourth-order valence-corrected chi connectivity index (χ4v) is 2.74. The normalized spacial score (nSPS) is 31.8. The minimum Gasteiger partial charge on any atom is -0.305 e. The van der Waals surface area contributed by atoms with Crippen LogP contribution in [0, 0.1) is 0 Å². The largest absolute Gasteiger partial charge is 0.305 e. The van der Waals surface area contributed by atoms with Gasteiger partial charge in [-0.1, -0.05) is 0 Å². The fraction of sp³-hybridized carbons (Fsp3) is 1.00. The number of hydrogen-bond acceptors (Lipinski definition) is 2. The van der Waals surface area contributed by atoms with Gasteiger partial charge in [0.2, 0.25) is 0 Å². The van der Waals surface area contributed by atoms with Gasteiger partial charge in [0.05, 0.1) is 0 Å². The second kappa shape index (κ2) is 2.39. The van der Waals surface area contributed by atoms with Gasteiger partial charge in [-0.05, 0) is 13.3 Å². The highest BCUT2D eigenvalue weighted by Gasteiger charge is 2.16. The smallest absolute Gasteiger partial charge is 0.0139 e. The van der Waals surface area contributed by atoms with E-state index in [4.69, 9.17) is 0 Å². The third kappa shape index (κ3) is 2.06. The first-order chi connectivity index (χ1) is 4.10. The molecule has 0 aromatic rings. The van der Waals surface area contributed by atoms with Gasteiger partial charge in [0.1, 0.15) is 0 Å². The lowest BCUT2D eigenvalue weighted by atomic mass is 10.6. The van der Waals surface area contributed by atoms with Gasteiger partial charge < -0.3 is 4.90 Å². The van der Waals surface area contributed by atoms with E-state index in [-0.39, 0.29) is 0 Å². The Labute approximate surface area is 57.7 Å². The van der Waals surface area contributed by atoms with Crippen LogP contribution >= 0.6 is 0 Å². The standard InChI is InChI=1S/C6H15NOS/c1-7-3-5-9(2,8)6-4-7/h9H,3-6H2,1-2H3. The molecule has 0 bridgehead atoms. The molecule has 0 aromatic heterocycles. The van der Waals surface area contributed by atoms with E-state index in [0.717, 1.165) is 24.6 Å². The van der Waals surface area contributed by atoms with Crippen LogP contribution in [0.2, 0.25) is 0 Å². The number of nitrogens with zero attached hydrogens (tertiary/aromatic N) is 1. The first-order valence-corrected chi connectivity index (χ1v) is 5.87. The van der Waals surface area contributed by atoms with E-state index in [0.29, 0.717) is 0 Å². The van der Waals surface area contributed by atoms with E-state index in [2.05, 4.69) is 11.9 Å². The van der Waals surface area contributed by atoms with Crippen LogP contribution < -0.4 is 0 Å². The Morgan fingerprint density at radius 2 is 1.78 bits per heavy atom. The van der Waals surface area contributed by atoms with Gasteiger partial charge in [-0.25, -0.2) is 0 Å². The van der Waals surface area contributed by atoms with Gasteiger partial charge in [-0.15, -0.1) is 9.93 Å². The highest BCUT2D eigenvalue weighted by Crippen LogP contribution is 2.05. The van der Waals surface area contributed by atoms with Crippen molar-refractivity contribution in [1.29, 1.82) is 0 Å². The maximum absolute atomic E-state index is 11.4. The average Bonchev–Trinajstić information content (AvgIpc) is 1.78. The first kappa shape index (κ1) is 7.22. The summed E-state index contributed by atoms with van der Waals surface area (Å²) in [5, 5.41) is 0. The highest BCUT2D eigenvalue weighted by atomic mass is 32.2. The highest BCUT2D eigenvalue weighted by molar-refractivity contribution is 8.02. The maximum Gasteiger partial charge on any atom is 0.0139 e. The van der Waals surface area contributed by atoms with Crippen molar-refractivity contribution in [3.8, 4) is 0 Å². The minimum absolute atomic E-state index is 0.920. The molecule has 0 saturated carbocycles. The molecule has 1 aliphatic rings. The zero-order valence-electron chi connectivity index (χ0n) is 6.13. The minimum atomic E-state index is -1.67. The van der Waals surface area contributed by atoms with Crippen LogP contribution in [0.3, 0.4) is 0 Å². The van der Waals surface area contributed by atoms with Gasteiger partial charge in [0.15, 0.2) is 0 Å². The van der Waals surface area contributed by atoms with Crippen LogP contribution in [0.1, 0.15) is 0 Å². The SMILES string of the molecule is CN1CC[SH](C)(=O)CC1. The number of hydrogen-bond donors (Lipinski definition) is 1. The van der Waals surface area contributed by atoms with Crippen molar-refractivity contribution < 1.29 is 4.21 Å². The second-order valence-electron chi connectivity index (χ2n) is 3.05. The topological polar surface area (TPSA) is 20.3 Å². The van der Waals surface area contributed by atoms with Gasteiger partial charge in [-0.3, -0.25) is 4.21 Å². The van der Waals surface area contributed by atoms with Crippen molar-refractivity contribution in [2.45, 2.75) is 0 Å². The Morgan fingerprint density at radius 3 is 2.11 bits per heavy atom. The monoisotopic (exact) mass is 149 g/mol. The Bertz CT molecular complexity index is 134. The van der Waals surface area contributed by atoms with Crippen molar-refractivity contribution >= 4 is 9.93 Å².